The Kier molecular flexibility index (Phi) is 4.72. The van der Waals surface area contributed by atoms with Gasteiger partial charge in [-0.25, -0.2) is 0 Å². The van der Waals surface area contributed by atoms with Crippen LogP contribution in [0.15, 0.2) is 82.0 Å². The minimum atomic E-state index is -0.356. The van der Waals surface area contributed by atoms with Crippen molar-refractivity contribution in [2.24, 2.45) is 0 Å². The van der Waals surface area contributed by atoms with E-state index in [1.165, 1.54) is 13.2 Å². The average molecular weight is 374 g/mol. The number of hydrogen-bond donors (Lipinski definition) is 1. The number of phenols is 1. The maximum absolute atomic E-state index is 12.6. The maximum atomic E-state index is 12.6. The van der Waals surface area contributed by atoms with Gasteiger partial charge in [-0.15, -0.1) is 0 Å². The number of benzene rings is 3. The van der Waals surface area contributed by atoms with Crippen molar-refractivity contribution in [3.63, 3.8) is 0 Å². The molecule has 0 aliphatic heterocycles. The van der Waals surface area contributed by atoms with E-state index in [-0.39, 0.29) is 34.5 Å². The van der Waals surface area contributed by atoms with E-state index in [0.29, 0.717) is 11.5 Å². The SMILES string of the molecule is COc1c(OCc2ccccc2)cc2oc(-c3ccccc3)cc(=O)c2c1O. The summed E-state index contributed by atoms with van der Waals surface area (Å²) in [5.41, 5.74) is 1.60. The number of fused-ring (bicyclic) bond motifs is 1. The van der Waals surface area contributed by atoms with Gasteiger partial charge in [-0.3, -0.25) is 4.79 Å². The smallest absolute Gasteiger partial charge is 0.204 e. The number of rotatable bonds is 5. The predicted octanol–water partition coefficient (Wildman–Crippen LogP) is 4.75. The van der Waals surface area contributed by atoms with E-state index in [1.54, 1.807) is 6.07 Å². The Morgan fingerprint density at radius 3 is 2.32 bits per heavy atom. The molecule has 0 aliphatic rings. The van der Waals surface area contributed by atoms with Crippen molar-refractivity contribution < 1.29 is 19.0 Å². The Hall–Kier alpha value is -3.73. The Morgan fingerprint density at radius 1 is 0.964 bits per heavy atom. The summed E-state index contributed by atoms with van der Waals surface area (Å²) in [7, 11) is 1.41. The van der Waals surface area contributed by atoms with Crippen LogP contribution in [0, 0.1) is 0 Å². The van der Waals surface area contributed by atoms with E-state index in [0.717, 1.165) is 11.1 Å². The van der Waals surface area contributed by atoms with Crippen molar-refractivity contribution in [2.75, 3.05) is 7.11 Å². The van der Waals surface area contributed by atoms with Gasteiger partial charge >= 0.3 is 0 Å². The lowest BCUT2D eigenvalue weighted by atomic mass is 10.1. The Labute approximate surface area is 161 Å². The predicted molar refractivity (Wildman–Crippen MR) is 107 cm³/mol. The molecular formula is C23H18O5. The molecule has 0 fully saturated rings. The van der Waals surface area contributed by atoms with Gasteiger partial charge in [0.25, 0.3) is 0 Å². The van der Waals surface area contributed by atoms with Crippen molar-refractivity contribution in [2.45, 2.75) is 6.61 Å². The molecule has 5 nitrogen and oxygen atoms in total. The lowest BCUT2D eigenvalue weighted by Gasteiger charge is -2.14. The molecule has 0 amide bonds. The third-order valence-corrected chi connectivity index (χ3v) is 4.41. The Morgan fingerprint density at radius 2 is 1.64 bits per heavy atom. The second kappa shape index (κ2) is 7.48. The second-order valence-electron chi connectivity index (χ2n) is 6.24. The van der Waals surface area contributed by atoms with Crippen molar-refractivity contribution in [3.05, 3.63) is 88.6 Å². The van der Waals surface area contributed by atoms with Crippen LogP contribution < -0.4 is 14.9 Å². The van der Waals surface area contributed by atoms with Crippen molar-refractivity contribution >= 4 is 11.0 Å². The van der Waals surface area contributed by atoms with Crippen LogP contribution in [0.4, 0.5) is 0 Å². The van der Waals surface area contributed by atoms with E-state index in [9.17, 15) is 9.90 Å². The molecule has 28 heavy (non-hydrogen) atoms. The normalized spacial score (nSPS) is 10.8. The van der Waals surface area contributed by atoms with E-state index < -0.39 is 0 Å². The lowest BCUT2D eigenvalue weighted by Crippen LogP contribution is -2.04. The molecule has 1 heterocycles. The first kappa shape index (κ1) is 17.7. The fourth-order valence-electron chi connectivity index (χ4n) is 3.05. The molecule has 0 saturated carbocycles. The fraction of sp³-hybridized carbons (Fsp3) is 0.0870. The molecule has 0 radical (unpaired) electrons. The Bertz CT molecular complexity index is 1160. The highest BCUT2D eigenvalue weighted by molar-refractivity contribution is 5.89. The topological polar surface area (TPSA) is 68.9 Å². The molecule has 4 rings (SSSR count). The molecule has 3 aromatic carbocycles. The standard InChI is InChI=1S/C23H18O5/c1-26-23-20(27-14-15-8-4-2-5-9-15)13-19-21(22(23)25)17(24)12-18(28-19)16-10-6-3-7-11-16/h2-13,25H,14H2,1H3. The molecule has 0 bridgehead atoms. The van der Waals surface area contributed by atoms with Gasteiger partial charge in [0.05, 0.1) is 7.11 Å². The molecule has 5 heteroatoms. The molecule has 1 aromatic heterocycles. The van der Waals surface area contributed by atoms with Crippen LogP contribution in [0.1, 0.15) is 5.56 Å². The van der Waals surface area contributed by atoms with Crippen LogP contribution in [0.5, 0.6) is 17.2 Å². The summed E-state index contributed by atoms with van der Waals surface area (Å²) in [4.78, 5) is 12.6. The van der Waals surface area contributed by atoms with Crippen LogP contribution in [0.3, 0.4) is 0 Å². The molecule has 4 aromatic rings. The van der Waals surface area contributed by atoms with Crippen molar-refractivity contribution in [3.8, 4) is 28.6 Å². The third kappa shape index (κ3) is 3.30. The summed E-state index contributed by atoms with van der Waals surface area (Å²) in [6.45, 7) is 0.282. The van der Waals surface area contributed by atoms with Crippen LogP contribution in [0.25, 0.3) is 22.3 Å². The van der Waals surface area contributed by atoms with Gasteiger partial charge in [-0.1, -0.05) is 60.7 Å². The van der Waals surface area contributed by atoms with Crippen LogP contribution in [0.2, 0.25) is 0 Å². The number of aromatic hydroxyl groups is 1. The lowest BCUT2D eigenvalue weighted by molar-refractivity contribution is 0.278. The van der Waals surface area contributed by atoms with E-state index in [1.807, 2.05) is 60.7 Å². The second-order valence-corrected chi connectivity index (χ2v) is 6.24. The maximum Gasteiger partial charge on any atom is 0.204 e. The first-order chi connectivity index (χ1) is 13.7. The quantitative estimate of drug-likeness (QED) is 0.546. The van der Waals surface area contributed by atoms with Crippen LogP contribution in [-0.2, 0) is 6.61 Å². The van der Waals surface area contributed by atoms with Gasteiger partial charge in [-0.2, -0.15) is 0 Å². The van der Waals surface area contributed by atoms with Crippen molar-refractivity contribution in [1.82, 2.24) is 0 Å². The first-order valence-corrected chi connectivity index (χ1v) is 8.77. The number of hydrogen-bond acceptors (Lipinski definition) is 5. The summed E-state index contributed by atoms with van der Waals surface area (Å²) >= 11 is 0. The average Bonchev–Trinajstić information content (AvgIpc) is 2.73. The van der Waals surface area contributed by atoms with E-state index in [4.69, 9.17) is 13.9 Å². The summed E-state index contributed by atoms with van der Waals surface area (Å²) in [6.07, 6.45) is 0. The molecule has 0 atom stereocenters. The zero-order valence-electron chi connectivity index (χ0n) is 15.2. The highest BCUT2D eigenvalue weighted by Gasteiger charge is 2.20. The first-order valence-electron chi connectivity index (χ1n) is 8.77. The summed E-state index contributed by atoms with van der Waals surface area (Å²) in [6, 6.07) is 21.9. The van der Waals surface area contributed by atoms with Crippen LogP contribution in [-0.4, -0.2) is 12.2 Å². The highest BCUT2D eigenvalue weighted by atomic mass is 16.5. The van der Waals surface area contributed by atoms with Gasteiger partial charge in [0.15, 0.2) is 16.9 Å². The van der Waals surface area contributed by atoms with Gasteiger partial charge in [0.2, 0.25) is 5.75 Å². The van der Waals surface area contributed by atoms with E-state index >= 15 is 0 Å². The van der Waals surface area contributed by atoms with Gasteiger partial charge in [0.1, 0.15) is 23.3 Å². The molecule has 0 aliphatic carbocycles. The van der Waals surface area contributed by atoms with E-state index in [2.05, 4.69) is 0 Å². The van der Waals surface area contributed by atoms with Gasteiger partial charge < -0.3 is 19.0 Å². The highest BCUT2D eigenvalue weighted by Crippen LogP contribution is 2.42. The van der Waals surface area contributed by atoms with Crippen molar-refractivity contribution in [1.29, 1.82) is 0 Å². The summed E-state index contributed by atoms with van der Waals surface area (Å²) in [5.74, 6) is 0.515. The fourth-order valence-corrected chi connectivity index (χ4v) is 3.05. The Balaban J connectivity index is 1.82. The molecule has 0 spiro atoms. The molecule has 0 unspecified atom stereocenters. The van der Waals surface area contributed by atoms with Gasteiger partial charge in [-0.05, 0) is 5.56 Å². The molecule has 0 saturated heterocycles. The minimum Gasteiger partial charge on any atom is -0.504 e. The molecular weight excluding hydrogens is 356 g/mol. The van der Waals surface area contributed by atoms with Gasteiger partial charge in [0, 0.05) is 17.7 Å². The zero-order valence-corrected chi connectivity index (χ0v) is 15.2. The minimum absolute atomic E-state index is 0.0589. The molecule has 140 valence electrons. The number of ether oxygens (including phenoxy) is 2. The summed E-state index contributed by atoms with van der Waals surface area (Å²) in [5, 5.41) is 10.7. The molecule has 1 N–H and O–H groups in total. The zero-order chi connectivity index (χ0) is 19.5. The summed E-state index contributed by atoms with van der Waals surface area (Å²) < 4.78 is 17.0. The van der Waals surface area contributed by atoms with Crippen LogP contribution >= 0.6 is 0 Å². The number of phenolic OH excluding ortho intramolecular Hbond substituents is 1. The third-order valence-electron chi connectivity index (χ3n) is 4.41. The number of methoxy groups -OCH3 is 1. The monoisotopic (exact) mass is 374 g/mol. The largest absolute Gasteiger partial charge is 0.504 e.